The van der Waals surface area contributed by atoms with Gasteiger partial charge in [-0.3, -0.25) is 0 Å². The first-order valence-electron chi connectivity index (χ1n) is 14.5. The van der Waals surface area contributed by atoms with E-state index in [9.17, 15) is 9.90 Å². The summed E-state index contributed by atoms with van der Waals surface area (Å²) < 4.78 is 12.1. The first-order valence-corrected chi connectivity index (χ1v) is 14.5. The van der Waals surface area contributed by atoms with Crippen molar-refractivity contribution in [3.05, 3.63) is 72.8 Å². The number of benzene rings is 3. The van der Waals surface area contributed by atoms with Gasteiger partial charge in [0.1, 0.15) is 11.5 Å². The summed E-state index contributed by atoms with van der Waals surface area (Å²) in [5.74, 6) is 0.325. The van der Waals surface area contributed by atoms with Gasteiger partial charge in [-0.1, -0.05) is 138 Å². The summed E-state index contributed by atoms with van der Waals surface area (Å²) in [4.78, 5) is 11.3. The minimum absolute atomic E-state index is 0.404. The van der Waals surface area contributed by atoms with Gasteiger partial charge in [-0.25, -0.2) is 4.79 Å². The van der Waals surface area contributed by atoms with E-state index in [0.717, 1.165) is 34.4 Å². The molecule has 204 valence electrons. The molecule has 4 nitrogen and oxygen atoms in total. The number of hydrogen-bond donors (Lipinski definition) is 1. The highest BCUT2D eigenvalue weighted by atomic mass is 16.5. The average Bonchev–Trinajstić information content (AvgIpc) is 2.95. The van der Waals surface area contributed by atoms with Gasteiger partial charge < -0.3 is 14.6 Å². The molecule has 38 heavy (non-hydrogen) atoms. The largest absolute Gasteiger partial charge is 0.494 e. The lowest BCUT2D eigenvalue weighted by molar-refractivity contribution is -0.139. The predicted octanol–water partition coefficient (Wildman–Crippen LogP) is 9.56. The van der Waals surface area contributed by atoms with E-state index in [1.165, 1.54) is 70.6 Å². The molecule has 0 radical (unpaired) electrons. The van der Waals surface area contributed by atoms with E-state index in [1.807, 2.05) is 72.8 Å². The summed E-state index contributed by atoms with van der Waals surface area (Å²) in [5, 5.41) is 9.29. The van der Waals surface area contributed by atoms with Crippen LogP contribution in [0.25, 0.3) is 22.3 Å². The monoisotopic (exact) mass is 516 g/mol. The third-order valence-corrected chi connectivity index (χ3v) is 6.84. The number of hydrogen-bond acceptors (Lipinski definition) is 3. The molecule has 0 aromatic heterocycles. The zero-order chi connectivity index (χ0) is 26.8. The first kappa shape index (κ1) is 29.3. The second-order valence-electron chi connectivity index (χ2n) is 10.00. The van der Waals surface area contributed by atoms with Crippen LogP contribution in [0.15, 0.2) is 72.8 Å². The fraction of sp³-hybridized carbons (Fsp3) is 0.441. The first-order chi connectivity index (χ1) is 18.7. The number of unbranched alkanes of at least 4 members (excludes halogenated alkanes) is 11. The van der Waals surface area contributed by atoms with Crippen LogP contribution in [0.4, 0.5) is 0 Å². The molecular weight excluding hydrogens is 472 g/mol. The Bertz CT molecular complexity index is 1000. The standard InChI is InChI=1S/C34H44O4/c1-2-3-4-5-6-7-8-9-10-11-12-19-24-37-30-25-31(28-20-15-13-16-21-28)34(38-27-33(35)36)32(26-30)29-22-17-14-18-23-29/h13-18,20-23,25-26H,2-12,19,24,27H2,1H3,(H,35,36). The summed E-state index contributed by atoms with van der Waals surface area (Å²) in [6, 6.07) is 23.8. The van der Waals surface area contributed by atoms with Crippen LogP contribution in [0.3, 0.4) is 0 Å². The third kappa shape index (κ3) is 10.2. The second kappa shape index (κ2) is 17.3. The lowest BCUT2D eigenvalue weighted by Gasteiger charge is -2.18. The maximum absolute atomic E-state index is 11.3. The van der Waals surface area contributed by atoms with E-state index in [4.69, 9.17) is 9.47 Å². The minimum atomic E-state index is -1.00. The van der Waals surface area contributed by atoms with Crippen LogP contribution >= 0.6 is 0 Å². The highest BCUT2D eigenvalue weighted by Crippen LogP contribution is 2.42. The van der Waals surface area contributed by atoms with Gasteiger partial charge in [0.15, 0.2) is 6.61 Å². The van der Waals surface area contributed by atoms with Gasteiger partial charge in [0.25, 0.3) is 0 Å². The summed E-state index contributed by atoms with van der Waals surface area (Å²) in [6.07, 6.45) is 15.7. The van der Waals surface area contributed by atoms with Crippen molar-refractivity contribution in [1.82, 2.24) is 0 Å². The Hall–Kier alpha value is -3.27. The van der Waals surface area contributed by atoms with E-state index >= 15 is 0 Å². The Morgan fingerprint density at radius 2 is 1.08 bits per heavy atom. The predicted molar refractivity (Wildman–Crippen MR) is 157 cm³/mol. The molecule has 0 heterocycles. The fourth-order valence-corrected chi connectivity index (χ4v) is 4.77. The molecule has 0 amide bonds. The summed E-state index contributed by atoms with van der Waals surface area (Å²) >= 11 is 0. The molecule has 0 aliphatic heterocycles. The van der Waals surface area contributed by atoms with E-state index < -0.39 is 12.6 Å². The highest BCUT2D eigenvalue weighted by molar-refractivity contribution is 5.84. The summed E-state index contributed by atoms with van der Waals surface area (Å²) in [7, 11) is 0. The van der Waals surface area contributed by atoms with Crippen LogP contribution < -0.4 is 9.47 Å². The SMILES string of the molecule is CCCCCCCCCCCCCCOc1cc(-c2ccccc2)c(OCC(=O)O)c(-c2ccccc2)c1. The smallest absolute Gasteiger partial charge is 0.341 e. The van der Waals surface area contributed by atoms with Crippen molar-refractivity contribution in [2.75, 3.05) is 13.2 Å². The van der Waals surface area contributed by atoms with E-state index in [-0.39, 0.29) is 0 Å². The van der Waals surface area contributed by atoms with E-state index in [2.05, 4.69) is 6.92 Å². The lowest BCUT2D eigenvalue weighted by atomic mass is 9.96. The van der Waals surface area contributed by atoms with Crippen molar-refractivity contribution < 1.29 is 19.4 Å². The van der Waals surface area contributed by atoms with Crippen LogP contribution in [0, 0.1) is 0 Å². The molecule has 0 saturated carbocycles. The Labute approximate surface area is 229 Å². The quantitative estimate of drug-likeness (QED) is 0.161. The van der Waals surface area contributed by atoms with Crippen LogP contribution in [0.1, 0.15) is 84.0 Å². The summed E-state index contributed by atoms with van der Waals surface area (Å²) in [6.45, 7) is 2.53. The Morgan fingerprint density at radius 1 is 0.632 bits per heavy atom. The minimum Gasteiger partial charge on any atom is -0.494 e. The average molecular weight is 517 g/mol. The Morgan fingerprint density at radius 3 is 1.53 bits per heavy atom. The van der Waals surface area contributed by atoms with Gasteiger partial charge in [-0.15, -0.1) is 0 Å². The fourth-order valence-electron chi connectivity index (χ4n) is 4.77. The number of ether oxygens (including phenoxy) is 2. The zero-order valence-electron chi connectivity index (χ0n) is 23.0. The molecule has 0 unspecified atom stereocenters. The van der Waals surface area contributed by atoms with Gasteiger partial charge in [-0.2, -0.15) is 0 Å². The van der Waals surface area contributed by atoms with Crippen molar-refractivity contribution >= 4 is 5.97 Å². The number of aliphatic carboxylic acids is 1. The normalized spacial score (nSPS) is 10.9. The molecule has 4 heteroatoms. The molecule has 0 fully saturated rings. The number of carboxylic acid groups (broad SMARTS) is 1. The van der Waals surface area contributed by atoms with Crippen molar-refractivity contribution in [1.29, 1.82) is 0 Å². The molecule has 3 rings (SSSR count). The molecule has 0 bridgehead atoms. The van der Waals surface area contributed by atoms with E-state index in [0.29, 0.717) is 12.4 Å². The maximum atomic E-state index is 11.3. The number of carboxylic acids is 1. The molecule has 0 aliphatic carbocycles. The summed E-state index contributed by atoms with van der Waals surface area (Å²) in [5.41, 5.74) is 3.58. The van der Waals surface area contributed by atoms with Crippen LogP contribution in [-0.2, 0) is 4.79 Å². The van der Waals surface area contributed by atoms with Gasteiger partial charge in [0.05, 0.1) is 6.61 Å². The van der Waals surface area contributed by atoms with Crippen LogP contribution in [0.5, 0.6) is 11.5 Å². The maximum Gasteiger partial charge on any atom is 0.341 e. The number of rotatable bonds is 19. The van der Waals surface area contributed by atoms with Gasteiger partial charge >= 0.3 is 5.97 Å². The van der Waals surface area contributed by atoms with Gasteiger partial charge in [0, 0.05) is 11.1 Å². The second-order valence-corrected chi connectivity index (χ2v) is 10.00. The lowest BCUT2D eigenvalue weighted by Crippen LogP contribution is -2.11. The zero-order valence-corrected chi connectivity index (χ0v) is 23.0. The Kier molecular flexibility index (Phi) is 13.3. The molecule has 0 aliphatic rings. The van der Waals surface area contributed by atoms with Crippen LogP contribution in [0.2, 0.25) is 0 Å². The van der Waals surface area contributed by atoms with Crippen molar-refractivity contribution in [3.63, 3.8) is 0 Å². The molecule has 3 aromatic rings. The van der Waals surface area contributed by atoms with Crippen molar-refractivity contribution in [2.45, 2.75) is 84.0 Å². The molecule has 0 atom stereocenters. The molecule has 3 aromatic carbocycles. The van der Waals surface area contributed by atoms with Gasteiger partial charge in [-0.05, 0) is 29.7 Å². The van der Waals surface area contributed by atoms with Gasteiger partial charge in [0.2, 0.25) is 0 Å². The Balaban J connectivity index is 1.59. The molecule has 0 saturated heterocycles. The van der Waals surface area contributed by atoms with E-state index in [1.54, 1.807) is 0 Å². The topological polar surface area (TPSA) is 55.8 Å². The van der Waals surface area contributed by atoms with Crippen molar-refractivity contribution in [3.8, 4) is 33.8 Å². The molecule has 0 spiro atoms. The molecule has 1 N–H and O–H groups in total. The van der Waals surface area contributed by atoms with Crippen LogP contribution in [-0.4, -0.2) is 24.3 Å². The third-order valence-electron chi connectivity index (χ3n) is 6.84. The molecular formula is C34H44O4. The van der Waals surface area contributed by atoms with Crippen molar-refractivity contribution in [2.24, 2.45) is 0 Å². The highest BCUT2D eigenvalue weighted by Gasteiger charge is 2.17. The number of carbonyl (C=O) groups is 1.